The summed E-state index contributed by atoms with van der Waals surface area (Å²) in [6.07, 6.45) is 3.61. The third-order valence-corrected chi connectivity index (χ3v) is 5.68. The Balaban J connectivity index is 2.08. The van der Waals surface area contributed by atoms with Crippen LogP contribution >= 0.6 is 11.8 Å². The van der Waals surface area contributed by atoms with Gasteiger partial charge >= 0.3 is 0 Å². The van der Waals surface area contributed by atoms with Gasteiger partial charge in [0, 0.05) is 25.0 Å². The van der Waals surface area contributed by atoms with Crippen molar-refractivity contribution in [3.8, 4) is 0 Å². The van der Waals surface area contributed by atoms with Gasteiger partial charge in [-0.05, 0) is 48.6 Å². The summed E-state index contributed by atoms with van der Waals surface area (Å²) in [5.41, 5.74) is 3.06. The second kappa shape index (κ2) is 8.82. The van der Waals surface area contributed by atoms with E-state index in [1.54, 1.807) is 12.7 Å². The van der Waals surface area contributed by atoms with Crippen molar-refractivity contribution in [3.05, 3.63) is 35.4 Å². The van der Waals surface area contributed by atoms with Gasteiger partial charge in [-0.3, -0.25) is 0 Å². The zero-order valence-electron chi connectivity index (χ0n) is 13.6. The monoisotopic (exact) mass is 307 g/mol. The van der Waals surface area contributed by atoms with Crippen molar-refractivity contribution in [2.24, 2.45) is 0 Å². The molecule has 2 nitrogen and oxygen atoms in total. The van der Waals surface area contributed by atoms with Crippen LogP contribution in [0.4, 0.5) is 0 Å². The lowest BCUT2D eigenvalue weighted by Gasteiger charge is -2.37. The molecule has 0 saturated carbocycles. The third-order valence-electron chi connectivity index (χ3n) is 4.26. The maximum atomic E-state index is 5.17. The van der Waals surface area contributed by atoms with Gasteiger partial charge in [0.05, 0.1) is 0 Å². The Bertz CT molecular complexity index is 423. The average Bonchev–Trinajstić information content (AvgIpc) is 2.51. The van der Waals surface area contributed by atoms with Crippen LogP contribution in [-0.4, -0.2) is 31.3 Å². The van der Waals surface area contributed by atoms with E-state index in [1.807, 2.05) is 0 Å². The molecule has 0 aliphatic heterocycles. The lowest BCUT2D eigenvalue weighted by atomic mass is 9.80. The fourth-order valence-corrected chi connectivity index (χ4v) is 4.65. The molecule has 0 spiro atoms. The Morgan fingerprint density at radius 1 is 1.29 bits per heavy atom. The van der Waals surface area contributed by atoms with E-state index < -0.39 is 0 Å². The highest BCUT2D eigenvalue weighted by atomic mass is 32.2. The number of hydrogen-bond donors (Lipinski definition) is 1. The van der Waals surface area contributed by atoms with E-state index in [0.717, 1.165) is 19.6 Å². The minimum absolute atomic E-state index is 0.505. The summed E-state index contributed by atoms with van der Waals surface area (Å²) in [7, 11) is 1.79. The number of thioether (sulfide) groups is 1. The molecule has 0 radical (unpaired) electrons. The molecule has 3 atom stereocenters. The normalized spacial score (nSPS) is 24.8. The minimum atomic E-state index is 0.505. The highest BCUT2D eigenvalue weighted by Gasteiger charge is 2.32. The van der Waals surface area contributed by atoms with E-state index in [4.69, 9.17) is 4.74 Å². The van der Waals surface area contributed by atoms with Crippen LogP contribution in [0.15, 0.2) is 24.3 Å². The number of nitrogens with one attached hydrogen (secondary N) is 1. The van der Waals surface area contributed by atoms with Crippen LogP contribution in [0.5, 0.6) is 0 Å². The van der Waals surface area contributed by atoms with Crippen molar-refractivity contribution >= 4 is 11.8 Å². The maximum absolute atomic E-state index is 5.17. The Morgan fingerprint density at radius 2 is 2.05 bits per heavy atom. The SMILES string of the molecule is CCCNC1c2ccccc2C(C)CC1SCCCOC. The van der Waals surface area contributed by atoms with Crippen LogP contribution in [0.2, 0.25) is 0 Å². The molecule has 3 unspecified atom stereocenters. The molecule has 0 bridgehead atoms. The molecule has 0 aromatic heterocycles. The van der Waals surface area contributed by atoms with E-state index in [9.17, 15) is 0 Å². The predicted octanol–water partition coefficient (Wildman–Crippen LogP) is 4.37. The third kappa shape index (κ3) is 4.48. The van der Waals surface area contributed by atoms with Gasteiger partial charge < -0.3 is 10.1 Å². The van der Waals surface area contributed by atoms with Gasteiger partial charge in [0.1, 0.15) is 0 Å². The smallest absolute Gasteiger partial charge is 0.0470 e. The number of benzene rings is 1. The molecule has 21 heavy (non-hydrogen) atoms. The van der Waals surface area contributed by atoms with E-state index >= 15 is 0 Å². The number of hydrogen-bond acceptors (Lipinski definition) is 3. The van der Waals surface area contributed by atoms with Crippen molar-refractivity contribution in [2.45, 2.75) is 50.3 Å². The molecule has 3 heteroatoms. The standard InChI is InChI=1S/C18H29NOS/c1-4-10-19-18-16-9-6-5-8-15(16)14(2)13-17(18)21-12-7-11-20-3/h5-6,8-9,14,17-19H,4,7,10-13H2,1-3H3. The average molecular weight is 308 g/mol. The molecule has 0 saturated heterocycles. The predicted molar refractivity (Wildman–Crippen MR) is 93.2 cm³/mol. The van der Waals surface area contributed by atoms with Crippen molar-refractivity contribution in [1.82, 2.24) is 5.32 Å². The Labute approximate surface area is 134 Å². The second-order valence-corrected chi connectivity index (χ2v) is 7.30. The number of rotatable bonds is 8. The lowest BCUT2D eigenvalue weighted by molar-refractivity contribution is 0.200. The minimum Gasteiger partial charge on any atom is -0.385 e. The van der Waals surface area contributed by atoms with Gasteiger partial charge in [0.15, 0.2) is 0 Å². The van der Waals surface area contributed by atoms with E-state index in [2.05, 4.69) is 55.2 Å². The summed E-state index contributed by atoms with van der Waals surface area (Å²) < 4.78 is 5.17. The lowest BCUT2D eigenvalue weighted by Crippen LogP contribution is -2.36. The van der Waals surface area contributed by atoms with Gasteiger partial charge in [-0.25, -0.2) is 0 Å². The highest BCUT2D eigenvalue weighted by molar-refractivity contribution is 7.99. The second-order valence-electron chi connectivity index (χ2n) is 5.95. The van der Waals surface area contributed by atoms with Crippen LogP contribution in [0.3, 0.4) is 0 Å². The first-order chi connectivity index (χ1) is 10.3. The highest BCUT2D eigenvalue weighted by Crippen LogP contribution is 2.42. The topological polar surface area (TPSA) is 21.3 Å². The maximum Gasteiger partial charge on any atom is 0.0470 e. The number of ether oxygens (including phenoxy) is 1. The van der Waals surface area contributed by atoms with Crippen LogP contribution in [-0.2, 0) is 4.74 Å². The zero-order valence-corrected chi connectivity index (χ0v) is 14.4. The molecule has 0 amide bonds. The first-order valence-corrected chi connectivity index (χ1v) is 9.25. The van der Waals surface area contributed by atoms with Gasteiger partial charge in [0.2, 0.25) is 0 Å². The summed E-state index contributed by atoms with van der Waals surface area (Å²) in [6, 6.07) is 9.50. The van der Waals surface area contributed by atoms with Crippen LogP contribution in [0, 0.1) is 0 Å². The quantitative estimate of drug-likeness (QED) is 0.720. The number of fused-ring (bicyclic) bond motifs is 1. The van der Waals surface area contributed by atoms with E-state index in [0.29, 0.717) is 17.2 Å². The molecular weight excluding hydrogens is 278 g/mol. The Kier molecular flexibility index (Phi) is 7.08. The summed E-state index contributed by atoms with van der Waals surface area (Å²) in [4.78, 5) is 0. The van der Waals surface area contributed by atoms with Crippen LogP contribution < -0.4 is 5.32 Å². The first kappa shape index (κ1) is 16.9. The van der Waals surface area contributed by atoms with Crippen molar-refractivity contribution in [1.29, 1.82) is 0 Å². The van der Waals surface area contributed by atoms with Crippen LogP contribution in [0.25, 0.3) is 0 Å². The molecular formula is C18H29NOS. The van der Waals surface area contributed by atoms with Gasteiger partial charge in [-0.1, -0.05) is 38.1 Å². The molecule has 1 aliphatic carbocycles. The van der Waals surface area contributed by atoms with Gasteiger partial charge in [0.25, 0.3) is 0 Å². The molecule has 1 aliphatic rings. The first-order valence-electron chi connectivity index (χ1n) is 8.20. The Hall–Kier alpha value is -0.510. The van der Waals surface area contributed by atoms with Crippen molar-refractivity contribution in [2.75, 3.05) is 26.0 Å². The fourth-order valence-electron chi connectivity index (χ4n) is 3.20. The molecule has 0 fully saturated rings. The van der Waals surface area contributed by atoms with Gasteiger partial charge in [-0.2, -0.15) is 11.8 Å². The molecule has 118 valence electrons. The summed E-state index contributed by atoms with van der Waals surface area (Å²) in [6.45, 7) is 6.59. The van der Waals surface area contributed by atoms with Crippen molar-refractivity contribution < 1.29 is 4.74 Å². The molecule has 1 aromatic carbocycles. The summed E-state index contributed by atoms with van der Waals surface area (Å²) >= 11 is 2.12. The molecule has 2 rings (SSSR count). The molecule has 1 aromatic rings. The Morgan fingerprint density at radius 3 is 2.76 bits per heavy atom. The zero-order chi connectivity index (χ0) is 15.1. The molecule has 1 N–H and O–H groups in total. The summed E-state index contributed by atoms with van der Waals surface area (Å²) in [5, 5.41) is 4.47. The van der Waals surface area contributed by atoms with Crippen molar-refractivity contribution in [3.63, 3.8) is 0 Å². The molecule has 0 heterocycles. The number of methoxy groups -OCH3 is 1. The summed E-state index contributed by atoms with van der Waals surface area (Å²) in [5.74, 6) is 1.86. The largest absolute Gasteiger partial charge is 0.385 e. The van der Waals surface area contributed by atoms with E-state index in [-0.39, 0.29) is 0 Å². The van der Waals surface area contributed by atoms with E-state index in [1.165, 1.54) is 24.2 Å². The fraction of sp³-hybridized carbons (Fsp3) is 0.667. The van der Waals surface area contributed by atoms with Gasteiger partial charge in [-0.15, -0.1) is 0 Å². The van der Waals surface area contributed by atoms with Crippen LogP contribution in [0.1, 0.15) is 56.2 Å².